The van der Waals surface area contributed by atoms with Crippen molar-refractivity contribution >= 4 is 23.4 Å². The molecule has 1 aliphatic carbocycles. The maximum absolute atomic E-state index is 12.6. The number of nitrogens with zero attached hydrogens (tertiary/aromatic N) is 1. The van der Waals surface area contributed by atoms with Crippen molar-refractivity contribution in [2.45, 2.75) is 37.6 Å². The van der Waals surface area contributed by atoms with E-state index in [4.69, 9.17) is 5.11 Å². The maximum atomic E-state index is 12.6. The molecule has 6 heteroatoms. The molecule has 2 aliphatic rings. The third-order valence-corrected chi connectivity index (χ3v) is 5.53. The first-order chi connectivity index (χ1) is 13.6. The van der Waals surface area contributed by atoms with Crippen LogP contribution >= 0.6 is 0 Å². The quantitative estimate of drug-likeness (QED) is 0.732. The Bertz CT molecular complexity index is 860. The van der Waals surface area contributed by atoms with E-state index in [1.807, 2.05) is 42.5 Å². The first-order valence-corrected chi connectivity index (χ1v) is 9.86. The van der Waals surface area contributed by atoms with Crippen LogP contribution in [0.25, 0.3) is 0 Å². The van der Waals surface area contributed by atoms with E-state index in [2.05, 4.69) is 21.6 Å². The van der Waals surface area contributed by atoms with Gasteiger partial charge in [-0.1, -0.05) is 18.2 Å². The topological polar surface area (TPSA) is 81.7 Å². The molecule has 3 N–H and O–H groups in total. The van der Waals surface area contributed by atoms with Crippen LogP contribution < -0.4 is 15.5 Å². The molecule has 28 heavy (non-hydrogen) atoms. The van der Waals surface area contributed by atoms with Crippen molar-refractivity contribution in [3.05, 3.63) is 59.7 Å². The van der Waals surface area contributed by atoms with Crippen LogP contribution in [0.5, 0.6) is 0 Å². The summed E-state index contributed by atoms with van der Waals surface area (Å²) in [5, 5.41) is 14.2. The Labute approximate surface area is 164 Å². The van der Waals surface area contributed by atoms with Gasteiger partial charge >= 0.3 is 6.09 Å². The van der Waals surface area contributed by atoms with Gasteiger partial charge in [0.1, 0.15) is 0 Å². The van der Waals surface area contributed by atoms with Gasteiger partial charge in [0.2, 0.25) is 0 Å². The van der Waals surface area contributed by atoms with Gasteiger partial charge in [-0.05, 0) is 61.6 Å². The zero-order valence-electron chi connectivity index (χ0n) is 15.7. The van der Waals surface area contributed by atoms with E-state index in [1.54, 1.807) is 0 Å². The minimum Gasteiger partial charge on any atom is -0.465 e. The number of piperidine rings is 1. The molecule has 2 amide bonds. The van der Waals surface area contributed by atoms with Gasteiger partial charge in [0.25, 0.3) is 5.91 Å². The van der Waals surface area contributed by atoms with Crippen LogP contribution in [0.15, 0.2) is 48.5 Å². The van der Waals surface area contributed by atoms with Crippen molar-refractivity contribution in [1.29, 1.82) is 0 Å². The summed E-state index contributed by atoms with van der Waals surface area (Å²) in [4.78, 5) is 25.7. The third-order valence-electron chi connectivity index (χ3n) is 5.53. The number of hydrogen-bond donors (Lipinski definition) is 3. The minimum absolute atomic E-state index is 0.00420. The highest BCUT2D eigenvalue weighted by Crippen LogP contribution is 2.41. The van der Waals surface area contributed by atoms with Crippen LogP contribution in [0, 0.1) is 0 Å². The number of carboxylic acid groups (broad SMARTS) is 1. The lowest BCUT2D eigenvalue weighted by atomic mass is 10.1. The van der Waals surface area contributed by atoms with E-state index in [9.17, 15) is 9.59 Å². The molecule has 1 saturated heterocycles. The van der Waals surface area contributed by atoms with Crippen LogP contribution in [0.4, 0.5) is 16.2 Å². The number of benzene rings is 2. The van der Waals surface area contributed by atoms with Gasteiger partial charge in [-0.15, -0.1) is 0 Å². The molecule has 0 bridgehead atoms. The molecule has 4 rings (SSSR count). The van der Waals surface area contributed by atoms with Crippen LogP contribution in [0.2, 0.25) is 0 Å². The predicted octanol–water partition coefficient (Wildman–Crippen LogP) is 4.05. The average molecular weight is 379 g/mol. The Kier molecular flexibility index (Phi) is 5.19. The number of anilines is 2. The highest BCUT2D eigenvalue weighted by Gasteiger charge is 2.39. The van der Waals surface area contributed by atoms with E-state index in [0.29, 0.717) is 5.56 Å². The highest BCUT2D eigenvalue weighted by atomic mass is 16.4. The predicted molar refractivity (Wildman–Crippen MR) is 109 cm³/mol. The molecule has 1 heterocycles. The van der Waals surface area contributed by atoms with Crippen molar-refractivity contribution < 1.29 is 14.7 Å². The molecule has 0 aromatic heterocycles. The summed E-state index contributed by atoms with van der Waals surface area (Å²) in [6.07, 6.45) is 3.52. The first-order valence-electron chi connectivity index (χ1n) is 9.86. The molecule has 2 aromatic carbocycles. The number of amides is 2. The zero-order chi connectivity index (χ0) is 19.5. The van der Waals surface area contributed by atoms with Crippen LogP contribution in [-0.2, 0) is 0 Å². The van der Waals surface area contributed by atoms with Crippen molar-refractivity contribution in [1.82, 2.24) is 5.32 Å². The summed E-state index contributed by atoms with van der Waals surface area (Å²) in [5.74, 6) is 0.102. The second-order valence-electron chi connectivity index (χ2n) is 7.57. The van der Waals surface area contributed by atoms with Gasteiger partial charge < -0.3 is 20.6 Å². The molecule has 1 saturated carbocycles. The molecule has 6 nitrogen and oxygen atoms in total. The van der Waals surface area contributed by atoms with Gasteiger partial charge in [0.05, 0.1) is 0 Å². The van der Waals surface area contributed by atoms with Crippen molar-refractivity contribution in [3.8, 4) is 0 Å². The molecule has 0 radical (unpaired) electrons. The molecule has 0 unspecified atom stereocenters. The van der Waals surface area contributed by atoms with Gasteiger partial charge in [-0.2, -0.15) is 0 Å². The molecule has 2 fully saturated rings. The highest BCUT2D eigenvalue weighted by molar-refractivity contribution is 6.04. The van der Waals surface area contributed by atoms with Crippen molar-refractivity contribution in [2.24, 2.45) is 0 Å². The van der Waals surface area contributed by atoms with E-state index in [0.717, 1.165) is 36.4 Å². The lowest BCUT2D eigenvalue weighted by Crippen LogP contribution is -2.29. The second kappa shape index (κ2) is 7.92. The maximum Gasteiger partial charge on any atom is 0.404 e. The van der Waals surface area contributed by atoms with Crippen LogP contribution in [0.3, 0.4) is 0 Å². The number of carbonyl (C=O) groups is 2. The second-order valence-corrected chi connectivity index (χ2v) is 7.57. The van der Waals surface area contributed by atoms with E-state index < -0.39 is 6.09 Å². The van der Waals surface area contributed by atoms with Gasteiger partial charge in [-0.3, -0.25) is 4.79 Å². The Morgan fingerprint density at radius 1 is 1.00 bits per heavy atom. The van der Waals surface area contributed by atoms with Crippen molar-refractivity contribution in [3.63, 3.8) is 0 Å². The summed E-state index contributed by atoms with van der Waals surface area (Å²) < 4.78 is 0. The molecule has 2 atom stereocenters. The van der Waals surface area contributed by atoms with E-state index in [1.165, 1.54) is 19.3 Å². The van der Waals surface area contributed by atoms with Crippen LogP contribution in [-0.4, -0.2) is 36.2 Å². The summed E-state index contributed by atoms with van der Waals surface area (Å²) in [6, 6.07) is 15.4. The van der Waals surface area contributed by atoms with E-state index >= 15 is 0 Å². The normalized spacial score (nSPS) is 21.1. The standard InChI is InChI=1S/C22H25N3O3/c26-21(16-5-4-6-18(13-16)25-11-2-1-3-12-25)23-17-9-7-15(8-10-17)19-14-20(19)24-22(27)28/h4-10,13,19-20,24H,1-3,11-12,14H2,(H,23,26)(H,27,28)/t19-,20+/m0/s1. The SMILES string of the molecule is O=C(O)N[C@@H]1C[C@H]1c1ccc(NC(=O)c2cccc(N3CCCCC3)c2)cc1. The minimum atomic E-state index is -0.983. The summed E-state index contributed by atoms with van der Waals surface area (Å²) in [7, 11) is 0. The summed E-state index contributed by atoms with van der Waals surface area (Å²) in [6.45, 7) is 2.09. The van der Waals surface area contributed by atoms with Gasteiger partial charge in [0.15, 0.2) is 0 Å². The number of rotatable bonds is 5. The lowest BCUT2D eigenvalue weighted by molar-refractivity contribution is 0.102. The molecule has 146 valence electrons. The third kappa shape index (κ3) is 4.27. The zero-order valence-corrected chi connectivity index (χ0v) is 15.7. The first kappa shape index (κ1) is 18.3. The Hall–Kier alpha value is -3.02. The fraction of sp³-hybridized carbons (Fsp3) is 0.364. The number of nitrogens with one attached hydrogen (secondary N) is 2. The van der Waals surface area contributed by atoms with Gasteiger partial charge in [0, 0.05) is 42.0 Å². The lowest BCUT2D eigenvalue weighted by Gasteiger charge is -2.29. The van der Waals surface area contributed by atoms with Gasteiger partial charge in [-0.25, -0.2) is 4.79 Å². The monoisotopic (exact) mass is 379 g/mol. The Morgan fingerprint density at radius 2 is 1.75 bits per heavy atom. The molecule has 0 spiro atoms. The molecular weight excluding hydrogens is 354 g/mol. The van der Waals surface area contributed by atoms with Crippen molar-refractivity contribution in [2.75, 3.05) is 23.3 Å². The fourth-order valence-electron chi connectivity index (χ4n) is 3.89. The Balaban J connectivity index is 1.38. The molecule has 2 aromatic rings. The van der Waals surface area contributed by atoms with E-state index in [-0.39, 0.29) is 17.9 Å². The number of hydrogen-bond acceptors (Lipinski definition) is 3. The fourth-order valence-corrected chi connectivity index (χ4v) is 3.89. The summed E-state index contributed by atoms with van der Waals surface area (Å²) >= 11 is 0. The smallest absolute Gasteiger partial charge is 0.404 e. The molecule has 1 aliphatic heterocycles. The summed E-state index contributed by atoms with van der Waals surface area (Å²) in [5.41, 5.74) is 3.58. The largest absolute Gasteiger partial charge is 0.465 e. The van der Waals surface area contributed by atoms with Crippen LogP contribution in [0.1, 0.15) is 47.5 Å². The molecular formula is C22H25N3O3. The Morgan fingerprint density at radius 3 is 2.46 bits per heavy atom. The number of carbonyl (C=O) groups excluding carboxylic acids is 1. The average Bonchev–Trinajstić information content (AvgIpc) is 3.47.